The molecule has 3 aromatic rings. The number of aryl methyl sites for hydroxylation is 2. The molecular formula is C13H13N3S. The molecule has 86 valence electrons. The molecule has 0 fully saturated rings. The summed E-state index contributed by atoms with van der Waals surface area (Å²) < 4.78 is 1.95. The van der Waals surface area contributed by atoms with Gasteiger partial charge in [-0.3, -0.25) is 4.40 Å². The molecule has 3 nitrogen and oxygen atoms in total. The molecule has 2 N–H and O–H groups in total. The van der Waals surface area contributed by atoms with Crippen LogP contribution in [0.4, 0.5) is 5.82 Å². The molecule has 0 saturated carbocycles. The molecule has 0 aliphatic heterocycles. The van der Waals surface area contributed by atoms with Gasteiger partial charge in [0.05, 0.1) is 4.88 Å². The standard InChI is InChI=1S/C13H13N3S/c1-8-5-7-17-11(8)10-12(14)16-6-3-4-9(2)13(16)15-10/h3-7H,14H2,1-2H3. The zero-order valence-electron chi connectivity index (χ0n) is 9.77. The molecule has 0 amide bonds. The Morgan fingerprint density at radius 1 is 1.24 bits per heavy atom. The van der Waals surface area contributed by atoms with Crippen LogP contribution >= 0.6 is 11.3 Å². The lowest BCUT2D eigenvalue weighted by Crippen LogP contribution is -1.94. The van der Waals surface area contributed by atoms with Gasteiger partial charge in [0.1, 0.15) is 17.2 Å². The van der Waals surface area contributed by atoms with E-state index in [2.05, 4.69) is 23.4 Å². The number of pyridine rings is 1. The average molecular weight is 243 g/mol. The Labute approximate surface area is 104 Å². The van der Waals surface area contributed by atoms with Crippen molar-refractivity contribution in [1.29, 1.82) is 0 Å². The molecule has 3 heterocycles. The SMILES string of the molecule is Cc1ccsc1-c1nc2c(C)cccn2c1N. The van der Waals surface area contributed by atoms with E-state index in [1.807, 2.05) is 29.7 Å². The number of rotatable bonds is 1. The second-order valence-electron chi connectivity index (χ2n) is 4.16. The molecule has 0 saturated heterocycles. The summed E-state index contributed by atoms with van der Waals surface area (Å²) in [5, 5.41) is 2.07. The molecule has 4 heteroatoms. The first-order valence-corrected chi connectivity index (χ1v) is 6.34. The van der Waals surface area contributed by atoms with Crippen LogP contribution in [-0.2, 0) is 0 Å². The van der Waals surface area contributed by atoms with Gasteiger partial charge in [0.2, 0.25) is 0 Å². The Morgan fingerprint density at radius 2 is 2.06 bits per heavy atom. The van der Waals surface area contributed by atoms with Gasteiger partial charge in [-0.25, -0.2) is 4.98 Å². The van der Waals surface area contributed by atoms with Crippen molar-refractivity contribution in [1.82, 2.24) is 9.38 Å². The number of fused-ring (bicyclic) bond motifs is 1. The second kappa shape index (κ2) is 3.60. The van der Waals surface area contributed by atoms with Crippen molar-refractivity contribution in [3.05, 3.63) is 40.9 Å². The zero-order valence-corrected chi connectivity index (χ0v) is 10.6. The lowest BCUT2D eigenvalue weighted by atomic mass is 10.2. The Balaban J connectivity index is 2.36. The molecular weight excluding hydrogens is 230 g/mol. The zero-order chi connectivity index (χ0) is 12.0. The average Bonchev–Trinajstić information content (AvgIpc) is 2.85. The Kier molecular flexibility index (Phi) is 2.19. The molecule has 0 bridgehead atoms. The van der Waals surface area contributed by atoms with E-state index in [0.717, 1.165) is 21.8 Å². The predicted molar refractivity (Wildman–Crippen MR) is 72.4 cm³/mol. The van der Waals surface area contributed by atoms with Crippen LogP contribution in [0.5, 0.6) is 0 Å². The van der Waals surface area contributed by atoms with Crippen LogP contribution in [0.2, 0.25) is 0 Å². The lowest BCUT2D eigenvalue weighted by molar-refractivity contribution is 1.17. The first-order chi connectivity index (χ1) is 8.18. The summed E-state index contributed by atoms with van der Waals surface area (Å²) in [6.45, 7) is 4.13. The minimum Gasteiger partial charge on any atom is -0.383 e. The fraction of sp³-hybridized carbons (Fsp3) is 0.154. The van der Waals surface area contributed by atoms with E-state index >= 15 is 0 Å². The monoisotopic (exact) mass is 243 g/mol. The van der Waals surface area contributed by atoms with Crippen LogP contribution < -0.4 is 5.73 Å². The van der Waals surface area contributed by atoms with Crippen LogP contribution in [0.15, 0.2) is 29.8 Å². The highest BCUT2D eigenvalue weighted by atomic mass is 32.1. The van der Waals surface area contributed by atoms with E-state index in [9.17, 15) is 0 Å². The smallest absolute Gasteiger partial charge is 0.142 e. The van der Waals surface area contributed by atoms with Crippen molar-refractivity contribution >= 4 is 22.8 Å². The van der Waals surface area contributed by atoms with Crippen LogP contribution in [0.3, 0.4) is 0 Å². The summed E-state index contributed by atoms with van der Waals surface area (Å²) >= 11 is 1.68. The first kappa shape index (κ1) is 10.4. The number of imidazole rings is 1. The summed E-state index contributed by atoms with van der Waals surface area (Å²) in [6.07, 6.45) is 1.96. The van der Waals surface area contributed by atoms with Gasteiger partial charge in [-0.05, 0) is 42.5 Å². The van der Waals surface area contributed by atoms with E-state index in [1.54, 1.807) is 11.3 Å². The molecule has 0 aliphatic carbocycles. The first-order valence-electron chi connectivity index (χ1n) is 5.46. The van der Waals surface area contributed by atoms with Crippen molar-refractivity contribution < 1.29 is 0 Å². The largest absolute Gasteiger partial charge is 0.383 e. The van der Waals surface area contributed by atoms with Gasteiger partial charge in [-0.1, -0.05) is 6.07 Å². The van der Waals surface area contributed by atoms with Crippen molar-refractivity contribution in [3.8, 4) is 10.6 Å². The van der Waals surface area contributed by atoms with Crippen LogP contribution in [0.25, 0.3) is 16.2 Å². The highest BCUT2D eigenvalue weighted by Gasteiger charge is 2.14. The number of hydrogen-bond donors (Lipinski definition) is 1. The molecule has 0 unspecified atom stereocenters. The number of nitrogens with zero attached hydrogens (tertiary/aromatic N) is 2. The molecule has 3 aromatic heterocycles. The van der Waals surface area contributed by atoms with E-state index in [1.165, 1.54) is 5.56 Å². The highest BCUT2D eigenvalue weighted by Crippen LogP contribution is 2.33. The third-order valence-electron chi connectivity index (χ3n) is 2.96. The van der Waals surface area contributed by atoms with E-state index < -0.39 is 0 Å². The summed E-state index contributed by atoms with van der Waals surface area (Å²) in [5.74, 6) is 0.717. The molecule has 0 spiro atoms. The molecule has 0 aromatic carbocycles. The molecule has 0 aliphatic rings. The van der Waals surface area contributed by atoms with Crippen molar-refractivity contribution in [2.24, 2.45) is 0 Å². The summed E-state index contributed by atoms with van der Waals surface area (Å²) in [5.41, 5.74) is 10.4. The van der Waals surface area contributed by atoms with Gasteiger partial charge in [0, 0.05) is 6.20 Å². The topological polar surface area (TPSA) is 43.3 Å². The van der Waals surface area contributed by atoms with Gasteiger partial charge in [0.15, 0.2) is 0 Å². The molecule has 0 atom stereocenters. The fourth-order valence-electron chi connectivity index (χ4n) is 2.00. The third kappa shape index (κ3) is 1.45. The Hall–Kier alpha value is -1.81. The normalized spacial score (nSPS) is 11.2. The summed E-state index contributed by atoms with van der Waals surface area (Å²) in [4.78, 5) is 5.82. The van der Waals surface area contributed by atoms with Gasteiger partial charge >= 0.3 is 0 Å². The van der Waals surface area contributed by atoms with Gasteiger partial charge in [-0.15, -0.1) is 11.3 Å². The maximum absolute atomic E-state index is 6.18. The quantitative estimate of drug-likeness (QED) is 0.713. The summed E-state index contributed by atoms with van der Waals surface area (Å²) in [6, 6.07) is 6.13. The maximum atomic E-state index is 6.18. The minimum atomic E-state index is 0.717. The Morgan fingerprint density at radius 3 is 2.71 bits per heavy atom. The van der Waals surface area contributed by atoms with Gasteiger partial charge in [0.25, 0.3) is 0 Å². The van der Waals surface area contributed by atoms with Crippen LogP contribution in [-0.4, -0.2) is 9.38 Å². The fourth-order valence-corrected chi connectivity index (χ4v) is 2.93. The number of anilines is 1. The van der Waals surface area contributed by atoms with E-state index in [-0.39, 0.29) is 0 Å². The second-order valence-corrected chi connectivity index (χ2v) is 5.08. The number of hydrogen-bond acceptors (Lipinski definition) is 3. The number of thiophene rings is 1. The van der Waals surface area contributed by atoms with Crippen LogP contribution in [0, 0.1) is 13.8 Å². The predicted octanol–water partition coefficient (Wildman–Crippen LogP) is 3.26. The van der Waals surface area contributed by atoms with Gasteiger partial charge < -0.3 is 5.73 Å². The van der Waals surface area contributed by atoms with Crippen LogP contribution in [0.1, 0.15) is 11.1 Å². The van der Waals surface area contributed by atoms with Crippen molar-refractivity contribution in [2.45, 2.75) is 13.8 Å². The maximum Gasteiger partial charge on any atom is 0.142 e. The number of nitrogens with two attached hydrogens (primary N) is 1. The Bertz CT molecular complexity index is 694. The van der Waals surface area contributed by atoms with E-state index in [4.69, 9.17) is 5.73 Å². The number of aromatic nitrogens is 2. The minimum absolute atomic E-state index is 0.717. The van der Waals surface area contributed by atoms with Gasteiger partial charge in [-0.2, -0.15) is 0 Å². The molecule has 0 radical (unpaired) electrons. The number of nitrogen functional groups attached to an aromatic ring is 1. The molecule has 17 heavy (non-hydrogen) atoms. The summed E-state index contributed by atoms with van der Waals surface area (Å²) in [7, 11) is 0. The lowest BCUT2D eigenvalue weighted by Gasteiger charge is -1.98. The van der Waals surface area contributed by atoms with Crippen molar-refractivity contribution in [3.63, 3.8) is 0 Å². The van der Waals surface area contributed by atoms with E-state index in [0.29, 0.717) is 5.82 Å². The van der Waals surface area contributed by atoms with Crippen molar-refractivity contribution in [2.75, 3.05) is 5.73 Å². The third-order valence-corrected chi connectivity index (χ3v) is 3.98. The highest BCUT2D eigenvalue weighted by molar-refractivity contribution is 7.13. The molecule has 3 rings (SSSR count).